The molecule has 14 heavy (non-hydrogen) atoms. The monoisotopic (exact) mass is 197 g/mol. The van der Waals surface area contributed by atoms with Crippen molar-refractivity contribution in [2.24, 2.45) is 11.1 Å². The summed E-state index contributed by atoms with van der Waals surface area (Å²) in [6.45, 7) is 2.19. The Labute approximate surface area is 87.2 Å². The van der Waals surface area contributed by atoms with Crippen molar-refractivity contribution in [2.45, 2.75) is 64.7 Å². The average molecular weight is 197 g/mol. The van der Waals surface area contributed by atoms with Crippen LogP contribution in [-0.4, -0.2) is 5.91 Å². The molecule has 0 unspecified atom stereocenters. The molecule has 0 bridgehead atoms. The quantitative estimate of drug-likeness (QED) is 0.676. The molecule has 0 aromatic rings. The first-order chi connectivity index (χ1) is 6.71. The van der Waals surface area contributed by atoms with Crippen LogP contribution in [0.5, 0.6) is 0 Å². The van der Waals surface area contributed by atoms with Gasteiger partial charge in [0, 0.05) is 5.41 Å². The average Bonchev–Trinajstić information content (AvgIpc) is 2.19. The fraction of sp³-hybridized carbons (Fsp3) is 0.917. The van der Waals surface area contributed by atoms with Gasteiger partial charge >= 0.3 is 0 Å². The lowest BCUT2D eigenvalue weighted by Crippen LogP contribution is -2.38. The molecule has 1 rings (SSSR count). The van der Waals surface area contributed by atoms with Crippen molar-refractivity contribution < 1.29 is 4.79 Å². The molecule has 0 spiro atoms. The van der Waals surface area contributed by atoms with Gasteiger partial charge in [0.1, 0.15) is 0 Å². The molecule has 1 saturated carbocycles. The lowest BCUT2D eigenvalue weighted by molar-refractivity contribution is -0.130. The molecule has 1 fully saturated rings. The molecule has 2 N–H and O–H groups in total. The molecular formula is C12H23NO. The number of primary amides is 1. The normalized spacial score (nSPS) is 20.6. The van der Waals surface area contributed by atoms with Crippen LogP contribution < -0.4 is 5.73 Å². The van der Waals surface area contributed by atoms with E-state index in [0.29, 0.717) is 0 Å². The van der Waals surface area contributed by atoms with Crippen LogP contribution in [0.4, 0.5) is 0 Å². The van der Waals surface area contributed by atoms with Gasteiger partial charge in [0.25, 0.3) is 0 Å². The van der Waals surface area contributed by atoms with Crippen LogP contribution in [0.15, 0.2) is 0 Å². The molecule has 0 atom stereocenters. The summed E-state index contributed by atoms with van der Waals surface area (Å²) in [5, 5.41) is 0. The van der Waals surface area contributed by atoms with E-state index < -0.39 is 0 Å². The van der Waals surface area contributed by atoms with E-state index in [0.717, 1.165) is 19.3 Å². The third-order valence-corrected chi connectivity index (χ3v) is 3.59. The Morgan fingerprint density at radius 3 is 2.36 bits per heavy atom. The van der Waals surface area contributed by atoms with E-state index in [-0.39, 0.29) is 11.3 Å². The minimum absolute atomic E-state index is 0.0479. The summed E-state index contributed by atoms with van der Waals surface area (Å²) in [6.07, 6.45) is 10.4. The highest BCUT2D eigenvalue weighted by atomic mass is 16.1. The third-order valence-electron chi connectivity index (χ3n) is 3.59. The number of hydrogen-bond acceptors (Lipinski definition) is 1. The Morgan fingerprint density at radius 1 is 1.21 bits per heavy atom. The van der Waals surface area contributed by atoms with Crippen molar-refractivity contribution >= 4 is 5.91 Å². The second kappa shape index (κ2) is 5.38. The molecule has 0 radical (unpaired) electrons. The Hall–Kier alpha value is -0.530. The van der Waals surface area contributed by atoms with Gasteiger partial charge in [-0.3, -0.25) is 4.79 Å². The van der Waals surface area contributed by atoms with E-state index in [1.165, 1.54) is 38.5 Å². The molecule has 0 saturated heterocycles. The van der Waals surface area contributed by atoms with Crippen molar-refractivity contribution in [2.75, 3.05) is 0 Å². The van der Waals surface area contributed by atoms with Gasteiger partial charge in [0.05, 0.1) is 0 Å². The second-order valence-corrected chi connectivity index (χ2v) is 4.66. The van der Waals surface area contributed by atoms with E-state index in [2.05, 4.69) is 6.92 Å². The molecule has 2 heteroatoms. The molecule has 82 valence electrons. The Morgan fingerprint density at radius 2 is 1.86 bits per heavy atom. The molecule has 1 aliphatic carbocycles. The van der Waals surface area contributed by atoms with E-state index in [4.69, 9.17) is 5.73 Å². The maximum absolute atomic E-state index is 11.5. The molecule has 1 amide bonds. The number of amides is 1. The molecular weight excluding hydrogens is 174 g/mol. The van der Waals surface area contributed by atoms with Gasteiger partial charge in [-0.25, -0.2) is 0 Å². The van der Waals surface area contributed by atoms with Crippen LogP contribution in [0.1, 0.15) is 64.7 Å². The number of nitrogens with two attached hydrogens (primary N) is 1. The largest absolute Gasteiger partial charge is 0.369 e. The van der Waals surface area contributed by atoms with E-state index in [9.17, 15) is 4.79 Å². The van der Waals surface area contributed by atoms with Gasteiger partial charge < -0.3 is 5.73 Å². The van der Waals surface area contributed by atoms with Gasteiger partial charge in [0.15, 0.2) is 0 Å². The van der Waals surface area contributed by atoms with Gasteiger partial charge in [-0.15, -0.1) is 0 Å². The highest BCUT2D eigenvalue weighted by Gasteiger charge is 2.36. The SMILES string of the molecule is CCCCCC1(C(N)=O)CCCCC1. The maximum atomic E-state index is 11.5. The standard InChI is InChI=1S/C12H23NO/c1-2-3-5-8-12(11(13)14)9-6-4-7-10-12/h2-10H2,1H3,(H2,13,14). The zero-order valence-corrected chi connectivity index (χ0v) is 9.35. The van der Waals surface area contributed by atoms with E-state index in [1.54, 1.807) is 0 Å². The summed E-state index contributed by atoms with van der Waals surface area (Å²) in [7, 11) is 0. The highest BCUT2D eigenvalue weighted by Crippen LogP contribution is 2.40. The third kappa shape index (κ3) is 2.73. The fourth-order valence-corrected chi connectivity index (χ4v) is 2.56. The Kier molecular flexibility index (Phi) is 4.43. The molecule has 0 aliphatic heterocycles. The van der Waals surface area contributed by atoms with Gasteiger partial charge in [-0.05, 0) is 19.3 Å². The number of carbonyl (C=O) groups is 1. The number of rotatable bonds is 5. The molecule has 0 heterocycles. The van der Waals surface area contributed by atoms with Gasteiger partial charge in [-0.2, -0.15) is 0 Å². The molecule has 0 aromatic heterocycles. The lowest BCUT2D eigenvalue weighted by Gasteiger charge is -2.34. The van der Waals surface area contributed by atoms with Crippen molar-refractivity contribution in [1.82, 2.24) is 0 Å². The van der Waals surface area contributed by atoms with Crippen molar-refractivity contribution in [1.29, 1.82) is 0 Å². The second-order valence-electron chi connectivity index (χ2n) is 4.66. The number of unbranched alkanes of at least 4 members (excludes halogenated alkanes) is 2. The first-order valence-corrected chi connectivity index (χ1v) is 6.01. The Balaban J connectivity index is 2.47. The summed E-state index contributed by atoms with van der Waals surface area (Å²) in [6, 6.07) is 0. The topological polar surface area (TPSA) is 43.1 Å². The smallest absolute Gasteiger partial charge is 0.223 e. The van der Waals surface area contributed by atoms with Crippen LogP contribution in [0.3, 0.4) is 0 Å². The molecule has 0 aromatic carbocycles. The van der Waals surface area contributed by atoms with Crippen LogP contribution in [0, 0.1) is 5.41 Å². The maximum Gasteiger partial charge on any atom is 0.223 e. The molecule has 2 nitrogen and oxygen atoms in total. The summed E-state index contributed by atoms with van der Waals surface area (Å²) in [4.78, 5) is 11.5. The van der Waals surface area contributed by atoms with E-state index in [1.807, 2.05) is 0 Å². The summed E-state index contributed by atoms with van der Waals surface area (Å²) < 4.78 is 0. The molecule has 1 aliphatic rings. The summed E-state index contributed by atoms with van der Waals surface area (Å²) >= 11 is 0. The van der Waals surface area contributed by atoms with Crippen molar-refractivity contribution in [3.8, 4) is 0 Å². The minimum atomic E-state index is -0.132. The fourth-order valence-electron chi connectivity index (χ4n) is 2.56. The van der Waals surface area contributed by atoms with Crippen molar-refractivity contribution in [3.63, 3.8) is 0 Å². The first kappa shape index (κ1) is 11.5. The van der Waals surface area contributed by atoms with Crippen LogP contribution in [0.2, 0.25) is 0 Å². The van der Waals surface area contributed by atoms with Crippen molar-refractivity contribution in [3.05, 3.63) is 0 Å². The number of carbonyl (C=O) groups excluding carboxylic acids is 1. The predicted octanol–water partition coefficient (Wildman–Crippen LogP) is 3.00. The summed E-state index contributed by atoms with van der Waals surface area (Å²) in [5.74, 6) is -0.0479. The zero-order chi connectivity index (χ0) is 10.4. The van der Waals surface area contributed by atoms with E-state index >= 15 is 0 Å². The highest BCUT2D eigenvalue weighted by molar-refractivity contribution is 5.80. The Bertz CT molecular complexity index is 183. The van der Waals surface area contributed by atoms with Gasteiger partial charge in [-0.1, -0.05) is 45.4 Å². The lowest BCUT2D eigenvalue weighted by atomic mass is 9.70. The van der Waals surface area contributed by atoms with Crippen LogP contribution in [0.25, 0.3) is 0 Å². The number of hydrogen-bond donors (Lipinski definition) is 1. The van der Waals surface area contributed by atoms with Crippen LogP contribution >= 0.6 is 0 Å². The predicted molar refractivity (Wildman–Crippen MR) is 58.9 cm³/mol. The van der Waals surface area contributed by atoms with Crippen LogP contribution in [-0.2, 0) is 4.79 Å². The van der Waals surface area contributed by atoms with Gasteiger partial charge in [0.2, 0.25) is 5.91 Å². The first-order valence-electron chi connectivity index (χ1n) is 6.01. The minimum Gasteiger partial charge on any atom is -0.369 e. The zero-order valence-electron chi connectivity index (χ0n) is 9.35. The summed E-state index contributed by atoms with van der Waals surface area (Å²) in [5.41, 5.74) is 5.41.